The van der Waals surface area contributed by atoms with Crippen LogP contribution in [0.1, 0.15) is 49.8 Å². The number of nitrogens with zero attached hydrogens (tertiary/aromatic N) is 1. The summed E-state index contributed by atoms with van der Waals surface area (Å²) in [5.74, 6) is -3.28. The highest BCUT2D eigenvalue weighted by atomic mass is 35.5. The molecule has 0 unspecified atom stereocenters. The van der Waals surface area contributed by atoms with Gasteiger partial charge in [-0.15, -0.1) is 11.3 Å². The Bertz CT molecular complexity index is 1490. The molecule has 2 aromatic heterocycles. The second kappa shape index (κ2) is 14.1. The van der Waals surface area contributed by atoms with E-state index < -0.39 is 60.3 Å². The fourth-order valence-electron chi connectivity index (χ4n) is 4.74. The number of rotatable bonds is 9. The number of ether oxygens (including phenoxy) is 5. The maximum absolute atomic E-state index is 13.3. The number of carbonyl (C=O) groups is 4. The molecule has 13 heteroatoms. The molecule has 3 aromatic rings. The van der Waals surface area contributed by atoms with Crippen LogP contribution >= 0.6 is 22.9 Å². The molecule has 5 atom stereocenters. The smallest absolute Gasteiger partial charge is 0.303 e. The van der Waals surface area contributed by atoms with Crippen LogP contribution in [0.2, 0.25) is 5.02 Å². The highest BCUT2D eigenvalue weighted by Gasteiger charge is 2.52. The minimum atomic E-state index is -1.28. The minimum absolute atomic E-state index is 0.328. The van der Waals surface area contributed by atoms with E-state index in [9.17, 15) is 23.6 Å². The molecular formula is C30H29ClFNO9S. The highest BCUT2D eigenvalue weighted by Crippen LogP contribution is 2.39. The number of esters is 4. The van der Waals surface area contributed by atoms with Gasteiger partial charge >= 0.3 is 23.9 Å². The minimum Gasteiger partial charge on any atom is -0.463 e. The predicted molar refractivity (Wildman–Crippen MR) is 153 cm³/mol. The van der Waals surface area contributed by atoms with Gasteiger partial charge in [0.05, 0.1) is 0 Å². The summed E-state index contributed by atoms with van der Waals surface area (Å²) in [6.07, 6.45) is -3.97. The average Bonchev–Trinajstić information content (AvgIpc) is 3.39. The molecule has 4 rings (SSSR count). The predicted octanol–water partition coefficient (Wildman–Crippen LogP) is 4.99. The Labute approximate surface area is 256 Å². The highest BCUT2D eigenvalue weighted by molar-refractivity contribution is 7.15. The third-order valence-electron chi connectivity index (χ3n) is 6.43. The summed E-state index contributed by atoms with van der Waals surface area (Å²) in [7, 11) is 0. The summed E-state index contributed by atoms with van der Waals surface area (Å²) in [5, 5.41) is 0.466. The van der Waals surface area contributed by atoms with E-state index in [1.54, 1.807) is 24.3 Å². The SMILES string of the molecule is CC(=O)OC[C@H]1O[C@@H](c2ccc(Cl)c(Cc3ccc(-c4ccc(F)nc4)s3)c2)[C@@H](OC(C)=O)[C@@H](OC(C)=O)[C@@H]1OC(C)=O. The van der Waals surface area contributed by atoms with Crippen molar-refractivity contribution in [2.24, 2.45) is 0 Å². The largest absolute Gasteiger partial charge is 0.463 e. The van der Waals surface area contributed by atoms with Crippen molar-refractivity contribution in [3.05, 3.63) is 75.6 Å². The molecule has 0 saturated carbocycles. The van der Waals surface area contributed by atoms with Crippen LogP contribution in [0.15, 0.2) is 48.7 Å². The maximum atomic E-state index is 13.3. The Balaban J connectivity index is 1.70. The molecular weight excluding hydrogens is 605 g/mol. The Morgan fingerprint density at radius 2 is 1.56 bits per heavy atom. The van der Waals surface area contributed by atoms with Gasteiger partial charge in [-0.3, -0.25) is 19.2 Å². The molecule has 0 bridgehead atoms. The van der Waals surface area contributed by atoms with Gasteiger partial charge in [-0.05, 0) is 41.5 Å². The van der Waals surface area contributed by atoms with Crippen molar-refractivity contribution in [3.8, 4) is 10.4 Å². The van der Waals surface area contributed by atoms with Crippen molar-refractivity contribution in [3.63, 3.8) is 0 Å². The zero-order chi connectivity index (χ0) is 31.3. The van der Waals surface area contributed by atoms with Crippen molar-refractivity contribution in [1.82, 2.24) is 4.98 Å². The molecule has 228 valence electrons. The quantitative estimate of drug-likeness (QED) is 0.181. The molecule has 0 radical (unpaired) electrons. The molecule has 1 aliphatic rings. The lowest BCUT2D eigenvalue weighted by molar-refractivity contribution is -0.254. The number of benzene rings is 1. The molecule has 10 nitrogen and oxygen atoms in total. The van der Waals surface area contributed by atoms with Gasteiger partial charge in [0.2, 0.25) is 5.95 Å². The average molecular weight is 634 g/mol. The molecule has 1 aromatic carbocycles. The van der Waals surface area contributed by atoms with Crippen molar-refractivity contribution in [2.45, 2.75) is 64.6 Å². The zero-order valence-electron chi connectivity index (χ0n) is 23.7. The Morgan fingerprint density at radius 1 is 0.884 bits per heavy atom. The summed E-state index contributed by atoms with van der Waals surface area (Å²) in [4.78, 5) is 53.5. The van der Waals surface area contributed by atoms with E-state index >= 15 is 0 Å². The molecule has 0 aliphatic carbocycles. The third-order valence-corrected chi connectivity index (χ3v) is 7.93. The molecule has 3 heterocycles. The van der Waals surface area contributed by atoms with Crippen LogP contribution < -0.4 is 0 Å². The van der Waals surface area contributed by atoms with Gasteiger partial charge in [0.15, 0.2) is 18.3 Å². The number of halogens is 2. The summed E-state index contributed by atoms with van der Waals surface area (Å²) >= 11 is 8.07. The van der Waals surface area contributed by atoms with Crippen molar-refractivity contribution >= 4 is 46.8 Å². The van der Waals surface area contributed by atoms with Crippen LogP contribution in [0.4, 0.5) is 4.39 Å². The van der Waals surface area contributed by atoms with E-state index in [0.29, 0.717) is 17.0 Å². The Morgan fingerprint density at radius 3 is 2.19 bits per heavy atom. The van der Waals surface area contributed by atoms with Gasteiger partial charge in [-0.1, -0.05) is 23.7 Å². The van der Waals surface area contributed by atoms with E-state index in [-0.39, 0.29) is 6.61 Å². The molecule has 1 fully saturated rings. The van der Waals surface area contributed by atoms with Crippen molar-refractivity contribution in [2.75, 3.05) is 6.61 Å². The summed E-state index contributed by atoms with van der Waals surface area (Å²) in [6, 6.07) is 11.9. The van der Waals surface area contributed by atoms with Crippen LogP contribution in [-0.4, -0.2) is 59.9 Å². The Kier molecular flexibility index (Phi) is 10.5. The summed E-state index contributed by atoms with van der Waals surface area (Å²) < 4.78 is 41.3. The normalized spacial score (nSPS) is 21.5. The number of hydrogen-bond donors (Lipinski definition) is 0. The first-order valence-corrected chi connectivity index (χ1v) is 14.4. The first-order valence-electron chi connectivity index (χ1n) is 13.2. The number of pyridine rings is 1. The first kappa shape index (κ1) is 32.1. The van der Waals surface area contributed by atoms with Gasteiger partial charge in [-0.25, -0.2) is 4.98 Å². The second-order valence-corrected chi connectivity index (χ2v) is 11.4. The standard InChI is InChI=1S/C30H29ClFNO9S/c1-15(34)38-14-24-28(39-16(2)35)30(41-18(4)37)29(40-17(3)36)27(42-24)19-5-8-23(31)21(11-19)12-22-7-9-25(43-22)20-6-10-26(32)33-13-20/h5-11,13,24,27-30H,12,14H2,1-4H3/t24-,27+,28-,29-,30+/m1/s1. The first-order chi connectivity index (χ1) is 20.4. The lowest BCUT2D eigenvalue weighted by Crippen LogP contribution is -2.59. The number of thiophene rings is 1. The number of hydrogen-bond acceptors (Lipinski definition) is 11. The number of carbonyl (C=O) groups excluding carboxylic acids is 4. The summed E-state index contributed by atoms with van der Waals surface area (Å²) in [6.45, 7) is 4.39. The lowest BCUT2D eigenvalue weighted by Gasteiger charge is -2.44. The fourth-order valence-corrected chi connectivity index (χ4v) is 5.95. The lowest BCUT2D eigenvalue weighted by atomic mass is 9.89. The second-order valence-electron chi connectivity index (χ2n) is 9.78. The number of aromatic nitrogens is 1. The monoisotopic (exact) mass is 633 g/mol. The van der Waals surface area contributed by atoms with Crippen molar-refractivity contribution < 1.29 is 47.3 Å². The molecule has 0 spiro atoms. The van der Waals surface area contributed by atoms with E-state index in [0.717, 1.165) is 27.8 Å². The molecule has 1 aliphatic heterocycles. The van der Waals surface area contributed by atoms with E-state index in [4.69, 9.17) is 35.3 Å². The van der Waals surface area contributed by atoms with E-state index in [1.807, 2.05) is 12.1 Å². The fraction of sp³-hybridized carbons (Fsp3) is 0.367. The third kappa shape index (κ3) is 8.37. The van der Waals surface area contributed by atoms with Crippen molar-refractivity contribution in [1.29, 1.82) is 0 Å². The molecule has 0 N–H and O–H groups in total. The van der Waals surface area contributed by atoms with Crippen LogP contribution in [0.5, 0.6) is 0 Å². The van der Waals surface area contributed by atoms with Crippen LogP contribution in [0, 0.1) is 5.95 Å². The molecule has 43 heavy (non-hydrogen) atoms. The van der Waals surface area contributed by atoms with E-state index in [2.05, 4.69) is 4.98 Å². The van der Waals surface area contributed by atoms with E-state index in [1.165, 1.54) is 44.4 Å². The van der Waals surface area contributed by atoms with Gasteiger partial charge in [0.25, 0.3) is 0 Å². The topological polar surface area (TPSA) is 127 Å². The van der Waals surface area contributed by atoms with Gasteiger partial charge in [0.1, 0.15) is 18.8 Å². The van der Waals surface area contributed by atoms with Gasteiger partial charge in [-0.2, -0.15) is 4.39 Å². The van der Waals surface area contributed by atoms with Gasteiger partial charge < -0.3 is 23.7 Å². The van der Waals surface area contributed by atoms with Crippen LogP contribution in [0.25, 0.3) is 10.4 Å². The van der Waals surface area contributed by atoms with Gasteiger partial charge in [0, 0.05) is 60.7 Å². The summed E-state index contributed by atoms with van der Waals surface area (Å²) in [5.41, 5.74) is 2.02. The zero-order valence-corrected chi connectivity index (χ0v) is 25.3. The molecule has 0 amide bonds. The maximum Gasteiger partial charge on any atom is 0.303 e. The van der Waals surface area contributed by atoms with Crippen LogP contribution in [-0.2, 0) is 49.3 Å². The molecule has 1 saturated heterocycles. The van der Waals surface area contributed by atoms with Crippen LogP contribution in [0.3, 0.4) is 0 Å². The Hall–Kier alpha value is -3.87.